The summed E-state index contributed by atoms with van der Waals surface area (Å²) in [6.45, 7) is 2.18. The summed E-state index contributed by atoms with van der Waals surface area (Å²) in [6.07, 6.45) is 6.28. The van der Waals surface area contributed by atoms with Crippen molar-refractivity contribution in [1.29, 1.82) is 0 Å². The highest BCUT2D eigenvalue weighted by Crippen LogP contribution is 2.40. The van der Waals surface area contributed by atoms with Crippen molar-refractivity contribution in [2.45, 2.75) is 6.92 Å². The molecular weight excluding hydrogens is 316 g/mol. The normalized spacial score (nSPS) is 12.5. The highest BCUT2D eigenvalue weighted by atomic mass is 14.9. The number of rotatable bonds is 2. The lowest BCUT2D eigenvalue weighted by Gasteiger charge is -2.10. The number of nitrogens with zero attached hydrogens (tertiary/aromatic N) is 2. The molecule has 0 saturated heterocycles. The molecule has 2 aromatic heterocycles. The van der Waals surface area contributed by atoms with Crippen molar-refractivity contribution < 1.29 is 4.57 Å². The van der Waals surface area contributed by atoms with E-state index in [-0.39, 0.29) is 0 Å². The lowest BCUT2D eigenvalue weighted by molar-refractivity contribution is -0.660. The van der Waals surface area contributed by atoms with Crippen LogP contribution in [0.5, 0.6) is 0 Å². The van der Waals surface area contributed by atoms with Gasteiger partial charge in [0.25, 0.3) is 0 Å². The van der Waals surface area contributed by atoms with Crippen molar-refractivity contribution in [3.05, 3.63) is 95.3 Å². The van der Waals surface area contributed by atoms with Crippen LogP contribution in [-0.4, -0.2) is 4.98 Å². The first kappa shape index (κ1) is 15.0. The molecule has 26 heavy (non-hydrogen) atoms. The Labute approximate surface area is 153 Å². The zero-order valence-electron chi connectivity index (χ0n) is 14.9. The second-order valence-corrected chi connectivity index (χ2v) is 6.88. The lowest BCUT2D eigenvalue weighted by Crippen LogP contribution is -2.30. The molecule has 0 N–H and O–H groups in total. The van der Waals surface area contributed by atoms with Crippen LogP contribution >= 0.6 is 0 Å². The van der Waals surface area contributed by atoms with E-state index >= 15 is 0 Å². The molecule has 2 heteroatoms. The van der Waals surface area contributed by atoms with E-state index in [0.29, 0.717) is 0 Å². The topological polar surface area (TPSA) is 16.8 Å². The Kier molecular flexibility index (Phi) is 3.26. The maximum atomic E-state index is 4.53. The minimum atomic E-state index is 1.06. The SMILES string of the molecule is Cc1ccc(C2=Cc3ccnc4cccc2c34)cc1-c1cccc[n+]1C. The van der Waals surface area contributed by atoms with Crippen LogP contribution in [0.15, 0.2) is 73.1 Å². The lowest BCUT2D eigenvalue weighted by atomic mass is 9.94. The van der Waals surface area contributed by atoms with E-state index in [0.717, 1.165) is 5.52 Å². The van der Waals surface area contributed by atoms with Crippen molar-refractivity contribution in [2.75, 3.05) is 0 Å². The van der Waals surface area contributed by atoms with Gasteiger partial charge < -0.3 is 0 Å². The first-order valence-electron chi connectivity index (χ1n) is 8.88. The van der Waals surface area contributed by atoms with Gasteiger partial charge in [0.1, 0.15) is 7.05 Å². The molecule has 5 rings (SSSR count). The second-order valence-electron chi connectivity index (χ2n) is 6.88. The molecule has 124 valence electrons. The maximum Gasteiger partial charge on any atom is 0.212 e. The van der Waals surface area contributed by atoms with Crippen LogP contribution in [0.2, 0.25) is 0 Å². The molecule has 2 heterocycles. The molecule has 1 aliphatic carbocycles. The molecule has 0 radical (unpaired) electrons. The first-order chi connectivity index (χ1) is 12.7. The zero-order valence-corrected chi connectivity index (χ0v) is 14.9. The molecule has 4 aromatic rings. The number of hydrogen-bond acceptors (Lipinski definition) is 1. The van der Waals surface area contributed by atoms with Crippen LogP contribution in [0.3, 0.4) is 0 Å². The molecular formula is C24H19N2+. The maximum absolute atomic E-state index is 4.53. The quantitative estimate of drug-likeness (QED) is 0.418. The fourth-order valence-electron chi connectivity index (χ4n) is 3.92. The average molecular weight is 335 g/mol. The van der Waals surface area contributed by atoms with E-state index in [2.05, 4.69) is 96.5 Å². The van der Waals surface area contributed by atoms with Crippen molar-refractivity contribution in [3.63, 3.8) is 0 Å². The van der Waals surface area contributed by atoms with Crippen LogP contribution < -0.4 is 4.57 Å². The summed E-state index contributed by atoms with van der Waals surface area (Å²) < 4.78 is 2.18. The number of hydrogen-bond donors (Lipinski definition) is 0. The summed E-state index contributed by atoms with van der Waals surface area (Å²) in [6, 6.07) is 21.6. The highest BCUT2D eigenvalue weighted by Gasteiger charge is 2.20. The predicted molar refractivity (Wildman–Crippen MR) is 107 cm³/mol. The predicted octanol–water partition coefficient (Wildman–Crippen LogP) is 4.94. The fourth-order valence-corrected chi connectivity index (χ4v) is 3.92. The monoisotopic (exact) mass is 335 g/mol. The molecule has 2 nitrogen and oxygen atoms in total. The molecule has 0 unspecified atom stereocenters. The number of benzene rings is 2. The minimum Gasteiger partial charge on any atom is -0.256 e. The van der Waals surface area contributed by atoms with Gasteiger partial charge in [0.05, 0.1) is 5.52 Å². The smallest absolute Gasteiger partial charge is 0.212 e. The molecule has 1 aliphatic rings. The van der Waals surface area contributed by atoms with Crippen molar-refractivity contribution in [1.82, 2.24) is 4.98 Å². The number of aromatic nitrogens is 2. The van der Waals surface area contributed by atoms with E-state index in [1.54, 1.807) is 0 Å². The molecule has 0 amide bonds. The van der Waals surface area contributed by atoms with Crippen LogP contribution in [0.25, 0.3) is 33.8 Å². The number of aryl methyl sites for hydroxylation is 2. The average Bonchev–Trinajstić information content (AvgIpc) is 3.04. The van der Waals surface area contributed by atoms with E-state index in [4.69, 9.17) is 0 Å². The summed E-state index contributed by atoms with van der Waals surface area (Å²) in [7, 11) is 2.10. The number of pyridine rings is 2. The summed E-state index contributed by atoms with van der Waals surface area (Å²) >= 11 is 0. The third-order valence-corrected chi connectivity index (χ3v) is 5.27. The molecule has 0 atom stereocenters. The van der Waals surface area contributed by atoms with Gasteiger partial charge in [-0.2, -0.15) is 0 Å². The minimum absolute atomic E-state index is 1.06. The summed E-state index contributed by atoms with van der Waals surface area (Å²) in [5.41, 5.74) is 9.90. The molecule has 0 fully saturated rings. The van der Waals surface area contributed by atoms with E-state index < -0.39 is 0 Å². The first-order valence-corrected chi connectivity index (χ1v) is 8.88. The van der Waals surface area contributed by atoms with Gasteiger partial charge in [-0.25, -0.2) is 4.57 Å². The fraction of sp³-hybridized carbons (Fsp3) is 0.0833. The van der Waals surface area contributed by atoms with Crippen molar-refractivity contribution >= 4 is 22.6 Å². The van der Waals surface area contributed by atoms with Crippen LogP contribution in [0.1, 0.15) is 22.3 Å². The Morgan fingerprint density at radius 3 is 2.69 bits per heavy atom. The molecule has 0 aliphatic heterocycles. The Morgan fingerprint density at radius 1 is 0.885 bits per heavy atom. The zero-order chi connectivity index (χ0) is 17.7. The van der Waals surface area contributed by atoms with Gasteiger partial charge in [-0.15, -0.1) is 0 Å². The Balaban J connectivity index is 1.71. The van der Waals surface area contributed by atoms with Gasteiger partial charge in [-0.1, -0.05) is 24.3 Å². The Hall–Kier alpha value is -3.26. The van der Waals surface area contributed by atoms with Crippen LogP contribution in [0.4, 0.5) is 0 Å². The standard InChI is InChI=1S/C24H19N2/c1-16-9-10-17(14-20(16)23-8-3-4-13-26(23)2)21-15-18-11-12-25-22-7-5-6-19(21)24(18)22/h3-15H,1-2H3/q+1. The van der Waals surface area contributed by atoms with Gasteiger partial charge in [-0.3, -0.25) is 4.98 Å². The summed E-state index contributed by atoms with van der Waals surface area (Å²) in [4.78, 5) is 4.53. The third-order valence-electron chi connectivity index (χ3n) is 5.27. The molecule has 0 saturated carbocycles. The van der Waals surface area contributed by atoms with Crippen LogP contribution in [-0.2, 0) is 7.05 Å². The van der Waals surface area contributed by atoms with E-state index in [1.807, 2.05) is 6.20 Å². The Morgan fingerprint density at radius 2 is 1.81 bits per heavy atom. The second kappa shape index (κ2) is 5.63. The van der Waals surface area contributed by atoms with Crippen molar-refractivity contribution in [2.24, 2.45) is 7.05 Å². The van der Waals surface area contributed by atoms with Gasteiger partial charge in [-0.05, 0) is 65.1 Å². The van der Waals surface area contributed by atoms with Crippen LogP contribution in [0, 0.1) is 6.92 Å². The van der Waals surface area contributed by atoms with E-state index in [9.17, 15) is 0 Å². The molecule has 0 bridgehead atoms. The highest BCUT2D eigenvalue weighted by molar-refractivity contribution is 6.12. The molecule has 0 spiro atoms. The summed E-state index contributed by atoms with van der Waals surface area (Å²) in [5, 5.41) is 1.26. The van der Waals surface area contributed by atoms with E-state index in [1.165, 1.54) is 44.5 Å². The van der Waals surface area contributed by atoms with Gasteiger partial charge in [0.2, 0.25) is 5.69 Å². The Bertz CT molecular complexity index is 1200. The third kappa shape index (κ3) is 2.19. The van der Waals surface area contributed by atoms with Gasteiger partial charge in [0.15, 0.2) is 6.20 Å². The van der Waals surface area contributed by atoms with Gasteiger partial charge in [0, 0.05) is 29.3 Å². The van der Waals surface area contributed by atoms with Gasteiger partial charge >= 0.3 is 0 Å². The summed E-state index contributed by atoms with van der Waals surface area (Å²) in [5.74, 6) is 0. The molecule has 2 aromatic carbocycles. The van der Waals surface area contributed by atoms with Crippen molar-refractivity contribution in [3.8, 4) is 11.3 Å². The largest absolute Gasteiger partial charge is 0.256 e.